The minimum atomic E-state index is -1.63. The van der Waals surface area contributed by atoms with Crippen molar-refractivity contribution in [1.29, 1.82) is 0 Å². The van der Waals surface area contributed by atoms with Crippen LogP contribution in [-0.2, 0) is 0 Å². The van der Waals surface area contributed by atoms with E-state index in [4.69, 9.17) is 5.73 Å². The van der Waals surface area contributed by atoms with Gasteiger partial charge in [-0.15, -0.1) is 0 Å². The van der Waals surface area contributed by atoms with E-state index >= 15 is 0 Å². The molecule has 0 radical (unpaired) electrons. The summed E-state index contributed by atoms with van der Waals surface area (Å²) in [6.07, 6.45) is 5.52. The van der Waals surface area contributed by atoms with Crippen LogP contribution in [0, 0.1) is 0 Å². The first-order valence-electron chi connectivity index (χ1n) is 5.72. The molecule has 1 aliphatic rings. The van der Waals surface area contributed by atoms with Crippen molar-refractivity contribution in [2.24, 2.45) is 0 Å². The number of nitrogen functional groups attached to an aromatic ring is 1. The van der Waals surface area contributed by atoms with Gasteiger partial charge in [0.05, 0.1) is 12.4 Å². The lowest BCUT2D eigenvalue weighted by Gasteiger charge is -2.19. The lowest BCUT2D eigenvalue weighted by atomic mass is 10.0. The molecule has 1 unspecified atom stereocenters. The summed E-state index contributed by atoms with van der Waals surface area (Å²) in [5, 5.41) is 10.0. The zero-order valence-corrected chi connectivity index (χ0v) is 9.99. The lowest BCUT2D eigenvalue weighted by molar-refractivity contribution is 0.100. The number of hydrogen-bond donors (Lipinski definition) is 2. The van der Waals surface area contributed by atoms with Gasteiger partial charge in [0, 0.05) is 6.42 Å². The molecule has 0 saturated carbocycles. The van der Waals surface area contributed by atoms with E-state index < -0.39 is 11.4 Å². The van der Waals surface area contributed by atoms with Gasteiger partial charge in [-0.1, -0.05) is 20.1 Å². The van der Waals surface area contributed by atoms with Crippen molar-refractivity contribution in [1.82, 2.24) is 19.5 Å². The third-order valence-electron chi connectivity index (χ3n) is 3.35. The summed E-state index contributed by atoms with van der Waals surface area (Å²) in [7, 11) is 0. The number of hydrogen-bond acceptors (Lipinski definition) is 5. The Kier molecular flexibility index (Phi) is 3.31. The van der Waals surface area contributed by atoms with Gasteiger partial charge in [-0.2, -0.15) is 0 Å². The first-order chi connectivity index (χ1) is 9.05. The average Bonchev–Trinajstić information content (AvgIpc) is 2.94. The second kappa shape index (κ2) is 4.68. The highest BCUT2D eigenvalue weighted by molar-refractivity contribution is 5.81. The van der Waals surface area contributed by atoms with Crippen LogP contribution in [0.3, 0.4) is 0 Å². The van der Waals surface area contributed by atoms with Crippen LogP contribution in [0.5, 0.6) is 0 Å². The molecule has 0 fully saturated rings. The number of fused-ring (bicyclic) bond motifs is 1. The third kappa shape index (κ3) is 1.87. The van der Waals surface area contributed by atoms with Crippen molar-refractivity contribution < 1.29 is 9.50 Å². The predicted molar refractivity (Wildman–Crippen MR) is 74.5 cm³/mol. The Morgan fingerprint density at radius 1 is 1.50 bits per heavy atom. The first kappa shape index (κ1) is 14.1. The molecule has 3 rings (SSSR count). The zero-order chi connectivity index (χ0) is 13.6. The van der Waals surface area contributed by atoms with Gasteiger partial charge < -0.3 is 15.4 Å². The molecule has 2 heterocycles. The largest absolute Gasteiger partial charge is 0.382 e. The number of aliphatic hydroxyl groups is 1. The van der Waals surface area contributed by atoms with Crippen LogP contribution < -0.4 is 5.73 Å². The van der Waals surface area contributed by atoms with Crippen molar-refractivity contribution >= 4 is 17.0 Å². The molecule has 2 aromatic rings. The van der Waals surface area contributed by atoms with E-state index in [1.54, 1.807) is 4.57 Å². The van der Waals surface area contributed by atoms with E-state index in [1.165, 1.54) is 24.8 Å². The maximum absolute atomic E-state index is 13.7. The second-order valence-electron chi connectivity index (χ2n) is 4.50. The van der Waals surface area contributed by atoms with Gasteiger partial charge >= 0.3 is 0 Å². The zero-order valence-electron chi connectivity index (χ0n) is 9.99. The van der Waals surface area contributed by atoms with E-state index in [-0.39, 0.29) is 25.7 Å². The molecule has 2 aromatic heterocycles. The fraction of sp³-hybridized carbons (Fsp3) is 0.308. The van der Waals surface area contributed by atoms with Gasteiger partial charge in [0.2, 0.25) is 0 Å². The third-order valence-corrected chi connectivity index (χ3v) is 3.35. The summed E-state index contributed by atoms with van der Waals surface area (Å²) in [5.41, 5.74) is 5.04. The molecular weight excluding hydrogens is 261 g/mol. The molecule has 3 N–H and O–H groups in total. The highest BCUT2D eigenvalue weighted by Gasteiger charge is 2.39. The molecule has 7 heteroatoms. The molecule has 0 aliphatic heterocycles. The van der Waals surface area contributed by atoms with Gasteiger partial charge in [-0.05, 0) is 6.08 Å². The van der Waals surface area contributed by atoms with Crippen LogP contribution in [-0.4, -0.2) is 30.2 Å². The molecule has 0 bridgehead atoms. The highest BCUT2D eigenvalue weighted by atomic mass is 19.1. The van der Waals surface area contributed by atoms with E-state index in [9.17, 15) is 9.50 Å². The molecule has 6 nitrogen and oxygen atoms in total. The topological polar surface area (TPSA) is 89.8 Å². The number of anilines is 1. The molecular formula is C13H16FN5O. The molecule has 106 valence electrons. The number of nitrogens with two attached hydrogens (primary N) is 1. The summed E-state index contributed by atoms with van der Waals surface area (Å²) < 4.78 is 15.4. The summed E-state index contributed by atoms with van der Waals surface area (Å²) in [6, 6.07) is -0.387. The molecule has 0 amide bonds. The average molecular weight is 277 g/mol. The van der Waals surface area contributed by atoms with Crippen molar-refractivity contribution in [3.63, 3.8) is 0 Å². The van der Waals surface area contributed by atoms with E-state index in [1.807, 2.05) is 0 Å². The number of aromatic nitrogens is 4. The summed E-state index contributed by atoms with van der Waals surface area (Å²) in [6.45, 7) is 3.46. The van der Waals surface area contributed by atoms with Crippen LogP contribution in [0.1, 0.15) is 19.9 Å². The lowest BCUT2D eigenvalue weighted by Crippen LogP contribution is -2.24. The smallest absolute Gasteiger partial charge is 0.165 e. The van der Waals surface area contributed by atoms with Crippen LogP contribution in [0.15, 0.2) is 37.2 Å². The van der Waals surface area contributed by atoms with Crippen LogP contribution in [0.4, 0.5) is 10.2 Å². The van der Waals surface area contributed by atoms with Gasteiger partial charge in [0.25, 0.3) is 0 Å². The maximum Gasteiger partial charge on any atom is 0.165 e. The molecule has 2 atom stereocenters. The molecule has 1 aliphatic carbocycles. The van der Waals surface area contributed by atoms with Crippen LogP contribution in [0.2, 0.25) is 0 Å². The predicted octanol–water partition coefficient (Wildman–Crippen LogP) is 1.76. The van der Waals surface area contributed by atoms with Gasteiger partial charge in [0.1, 0.15) is 23.3 Å². The van der Waals surface area contributed by atoms with Crippen LogP contribution >= 0.6 is 0 Å². The second-order valence-corrected chi connectivity index (χ2v) is 4.50. The minimum absolute atomic E-state index is 0. The molecule has 0 spiro atoms. The molecule has 0 aromatic carbocycles. The number of rotatable bonds is 2. The summed E-state index contributed by atoms with van der Waals surface area (Å²) in [4.78, 5) is 12.1. The number of nitrogens with zero attached hydrogens (tertiary/aromatic N) is 4. The van der Waals surface area contributed by atoms with E-state index in [0.717, 1.165) is 0 Å². The highest BCUT2D eigenvalue weighted by Crippen LogP contribution is 2.39. The van der Waals surface area contributed by atoms with Crippen molar-refractivity contribution in [2.45, 2.75) is 25.5 Å². The Morgan fingerprint density at radius 3 is 2.90 bits per heavy atom. The Morgan fingerprint density at radius 2 is 2.25 bits per heavy atom. The number of halogens is 1. The fourth-order valence-electron chi connectivity index (χ4n) is 2.26. The molecule has 0 saturated heterocycles. The van der Waals surface area contributed by atoms with Crippen molar-refractivity contribution in [3.05, 3.63) is 37.2 Å². The number of allylic oxidation sites excluding steroid dienone is 1. The van der Waals surface area contributed by atoms with Crippen molar-refractivity contribution in [2.75, 3.05) is 5.73 Å². The van der Waals surface area contributed by atoms with Gasteiger partial charge in [-0.3, -0.25) is 0 Å². The van der Waals surface area contributed by atoms with Crippen LogP contribution in [0.25, 0.3) is 11.2 Å². The molecule has 20 heavy (non-hydrogen) atoms. The van der Waals surface area contributed by atoms with Gasteiger partial charge in [0.15, 0.2) is 11.5 Å². The fourth-order valence-corrected chi connectivity index (χ4v) is 2.26. The minimum Gasteiger partial charge on any atom is -0.382 e. The Hall–Kier alpha value is -2.28. The quantitative estimate of drug-likeness (QED) is 0.816. The Bertz CT molecular complexity index is 695. The Labute approximate surface area is 115 Å². The standard InChI is InChI=1S/C12H12FN5O.CH4/c1-2-12(19)4-7(3-8(12)13)18-6-17-9-10(14)15-5-16-11(9)18;/h2-3,5-7,19H,1,4H2,(H2,14,15,16);1H4/t7?,12-;/m0./s1. The summed E-state index contributed by atoms with van der Waals surface area (Å²) >= 11 is 0. The maximum atomic E-state index is 13.7. The van der Waals surface area contributed by atoms with E-state index in [0.29, 0.717) is 11.2 Å². The van der Waals surface area contributed by atoms with Crippen molar-refractivity contribution in [3.8, 4) is 0 Å². The van der Waals surface area contributed by atoms with E-state index in [2.05, 4.69) is 21.5 Å². The van der Waals surface area contributed by atoms with Gasteiger partial charge in [-0.25, -0.2) is 19.3 Å². The number of imidazole rings is 1. The first-order valence-corrected chi connectivity index (χ1v) is 5.72. The normalized spacial score (nSPS) is 25.3. The Balaban J connectivity index is 0.00000147. The summed E-state index contributed by atoms with van der Waals surface area (Å²) in [5.74, 6) is -0.346. The monoisotopic (exact) mass is 277 g/mol. The SMILES string of the molecule is C.C=C[C@]1(O)CC(n2cnc3c(N)ncnc32)C=C1F.